The standard InChI is InChI=1S/C24H33N3O7/c1-29-17-8-7-15(20(31-3)21(17)32-4)14-26-9-11-27(12-10-26)24(28)16-13-18(30-2)22(33-5)23(34-6)19(16)25/h7-8,13H,9-12,14,25H2,1-6H3. The van der Waals surface area contributed by atoms with Crippen molar-refractivity contribution in [2.75, 3.05) is 74.6 Å². The fourth-order valence-corrected chi connectivity index (χ4v) is 4.16. The fraction of sp³-hybridized carbons (Fsp3) is 0.458. The minimum Gasteiger partial charge on any atom is -0.493 e. The lowest BCUT2D eigenvalue weighted by molar-refractivity contribution is 0.0627. The first-order chi connectivity index (χ1) is 16.4. The Balaban J connectivity index is 1.74. The molecular formula is C24H33N3O7. The number of piperazine rings is 1. The van der Waals surface area contributed by atoms with Crippen molar-refractivity contribution in [3.05, 3.63) is 29.3 Å². The van der Waals surface area contributed by atoms with Gasteiger partial charge in [-0.1, -0.05) is 6.07 Å². The summed E-state index contributed by atoms with van der Waals surface area (Å²) in [7, 11) is 9.26. The van der Waals surface area contributed by atoms with E-state index in [0.717, 1.165) is 5.56 Å². The van der Waals surface area contributed by atoms with Crippen molar-refractivity contribution in [2.45, 2.75) is 6.54 Å². The van der Waals surface area contributed by atoms with Gasteiger partial charge in [-0.3, -0.25) is 9.69 Å². The second-order valence-corrected chi connectivity index (χ2v) is 7.67. The van der Waals surface area contributed by atoms with E-state index in [1.165, 1.54) is 21.3 Å². The van der Waals surface area contributed by atoms with Crippen LogP contribution in [0.3, 0.4) is 0 Å². The van der Waals surface area contributed by atoms with Crippen LogP contribution in [0.4, 0.5) is 5.69 Å². The molecule has 1 aliphatic heterocycles. The van der Waals surface area contributed by atoms with Gasteiger partial charge in [0.15, 0.2) is 23.0 Å². The predicted octanol–water partition coefficient (Wildman–Crippen LogP) is 2.28. The van der Waals surface area contributed by atoms with Gasteiger partial charge in [0.2, 0.25) is 11.5 Å². The van der Waals surface area contributed by atoms with Crippen LogP contribution in [0.2, 0.25) is 0 Å². The molecule has 0 aliphatic carbocycles. The average Bonchev–Trinajstić information content (AvgIpc) is 2.87. The quantitative estimate of drug-likeness (QED) is 0.547. The Morgan fingerprint density at radius 1 is 0.765 bits per heavy atom. The summed E-state index contributed by atoms with van der Waals surface area (Å²) in [4.78, 5) is 17.3. The highest BCUT2D eigenvalue weighted by atomic mass is 16.5. The van der Waals surface area contributed by atoms with Crippen molar-refractivity contribution >= 4 is 11.6 Å². The van der Waals surface area contributed by atoms with Gasteiger partial charge >= 0.3 is 0 Å². The molecule has 0 radical (unpaired) electrons. The highest BCUT2D eigenvalue weighted by Crippen LogP contribution is 2.44. The van der Waals surface area contributed by atoms with Gasteiger partial charge in [0, 0.05) is 38.3 Å². The number of nitrogen functional groups attached to an aromatic ring is 1. The number of nitrogens with two attached hydrogens (primary N) is 1. The maximum Gasteiger partial charge on any atom is 0.256 e. The third kappa shape index (κ3) is 4.72. The molecule has 10 nitrogen and oxygen atoms in total. The molecule has 0 atom stereocenters. The summed E-state index contributed by atoms with van der Waals surface area (Å²) >= 11 is 0. The molecule has 1 fully saturated rings. The zero-order valence-electron chi connectivity index (χ0n) is 20.6. The lowest BCUT2D eigenvalue weighted by Gasteiger charge is -2.35. The van der Waals surface area contributed by atoms with E-state index >= 15 is 0 Å². The monoisotopic (exact) mass is 475 g/mol. The molecule has 0 bridgehead atoms. The van der Waals surface area contributed by atoms with Crippen LogP contribution in [0.1, 0.15) is 15.9 Å². The molecule has 2 N–H and O–H groups in total. The number of carbonyl (C=O) groups is 1. The van der Waals surface area contributed by atoms with Crippen LogP contribution in [-0.4, -0.2) is 84.5 Å². The summed E-state index contributed by atoms with van der Waals surface area (Å²) in [5.41, 5.74) is 7.79. The predicted molar refractivity (Wildman–Crippen MR) is 128 cm³/mol. The second-order valence-electron chi connectivity index (χ2n) is 7.67. The highest BCUT2D eigenvalue weighted by Gasteiger charge is 2.28. The zero-order valence-corrected chi connectivity index (χ0v) is 20.6. The molecule has 1 saturated heterocycles. The van der Waals surface area contributed by atoms with Crippen molar-refractivity contribution in [2.24, 2.45) is 0 Å². The maximum absolute atomic E-state index is 13.3. The Morgan fingerprint density at radius 2 is 1.32 bits per heavy atom. The summed E-state index contributed by atoms with van der Waals surface area (Å²) in [5.74, 6) is 2.66. The van der Waals surface area contributed by atoms with Crippen LogP contribution < -0.4 is 34.2 Å². The summed E-state index contributed by atoms with van der Waals surface area (Å²) in [6, 6.07) is 5.43. The summed E-state index contributed by atoms with van der Waals surface area (Å²) < 4.78 is 32.6. The molecule has 1 heterocycles. The van der Waals surface area contributed by atoms with Crippen molar-refractivity contribution in [3.63, 3.8) is 0 Å². The molecule has 0 unspecified atom stereocenters. The molecular weight excluding hydrogens is 442 g/mol. The molecule has 0 saturated carbocycles. The molecule has 186 valence electrons. The first-order valence-electron chi connectivity index (χ1n) is 10.8. The fourth-order valence-electron chi connectivity index (χ4n) is 4.16. The van der Waals surface area contributed by atoms with Crippen LogP contribution in [0.5, 0.6) is 34.5 Å². The van der Waals surface area contributed by atoms with Gasteiger partial charge in [0.1, 0.15) is 0 Å². The molecule has 2 aromatic carbocycles. The van der Waals surface area contributed by atoms with Crippen LogP contribution in [0.15, 0.2) is 18.2 Å². The van der Waals surface area contributed by atoms with E-state index in [1.807, 2.05) is 12.1 Å². The van der Waals surface area contributed by atoms with E-state index in [4.69, 9.17) is 34.2 Å². The number of hydrogen-bond donors (Lipinski definition) is 1. The van der Waals surface area contributed by atoms with Crippen molar-refractivity contribution in [1.29, 1.82) is 0 Å². The summed E-state index contributed by atoms with van der Waals surface area (Å²) in [6.45, 7) is 3.12. The Labute approximate surface area is 200 Å². The van der Waals surface area contributed by atoms with Crippen LogP contribution in [0, 0.1) is 0 Å². The van der Waals surface area contributed by atoms with Gasteiger partial charge in [-0.2, -0.15) is 0 Å². The van der Waals surface area contributed by atoms with Crippen molar-refractivity contribution in [3.8, 4) is 34.5 Å². The zero-order chi connectivity index (χ0) is 24.8. The molecule has 0 aromatic heterocycles. The second kappa shape index (κ2) is 11.1. The number of nitrogens with zero attached hydrogens (tertiary/aromatic N) is 2. The van der Waals surface area contributed by atoms with E-state index < -0.39 is 0 Å². The van der Waals surface area contributed by atoms with Crippen LogP contribution in [-0.2, 0) is 6.54 Å². The Bertz CT molecular complexity index is 1020. The number of anilines is 1. The lowest BCUT2D eigenvalue weighted by Crippen LogP contribution is -2.48. The molecule has 0 spiro atoms. The van der Waals surface area contributed by atoms with Gasteiger partial charge in [0.25, 0.3) is 5.91 Å². The van der Waals surface area contributed by atoms with Crippen LogP contribution >= 0.6 is 0 Å². The van der Waals surface area contributed by atoms with Gasteiger partial charge < -0.3 is 39.1 Å². The number of benzene rings is 2. The first-order valence-corrected chi connectivity index (χ1v) is 10.8. The smallest absolute Gasteiger partial charge is 0.256 e. The van der Waals surface area contributed by atoms with Gasteiger partial charge in [-0.15, -0.1) is 0 Å². The van der Waals surface area contributed by atoms with E-state index in [1.54, 1.807) is 32.3 Å². The largest absolute Gasteiger partial charge is 0.493 e. The Kier molecular flexibility index (Phi) is 8.17. The number of carbonyl (C=O) groups excluding carboxylic acids is 1. The van der Waals surface area contributed by atoms with Crippen LogP contribution in [0.25, 0.3) is 0 Å². The van der Waals surface area contributed by atoms with E-state index in [-0.39, 0.29) is 17.3 Å². The molecule has 10 heteroatoms. The Morgan fingerprint density at radius 3 is 1.85 bits per heavy atom. The van der Waals surface area contributed by atoms with Gasteiger partial charge in [-0.25, -0.2) is 0 Å². The minimum absolute atomic E-state index is 0.180. The van der Waals surface area contributed by atoms with E-state index in [2.05, 4.69) is 4.90 Å². The number of methoxy groups -OCH3 is 6. The average molecular weight is 476 g/mol. The SMILES string of the molecule is COc1ccc(CN2CCN(C(=O)c3cc(OC)c(OC)c(OC)c3N)CC2)c(OC)c1OC. The molecule has 34 heavy (non-hydrogen) atoms. The van der Waals surface area contributed by atoms with Gasteiger partial charge in [0.05, 0.1) is 53.9 Å². The number of rotatable bonds is 9. The van der Waals surface area contributed by atoms with E-state index in [9.17, 15) is 4.79 Å². The van der Waals surface area contributed by atoms with Gasteiger partial charge in [-0.05, 0) is 12.1 Å². The molecule has 1 amide bonds. The third-order valence-electron chi connectivity index (χ3n) is 5.94. The maximum atomic E-state index is 13.3. The number of ether oxygens (including phenoxy) is 6. The minimum atomic E-state index is -0.180. The summed E-state index contributed by atoms with van der Waals surface area (Å²) in [6.07, 6.45) is 0. The number of amides is 1. The van der Waals surface area contributed by atoms with Crippen molar-refractivity contribution in [1.82, 2.24) is 9.80 Å². The van der Waals surface area contributed by atoms with Crippen molar-refractivity contribution < 1.29 is 33.2 Å². The normalized spacial score (nSPS) is 13.9. The molecule has 3 rings (SSSR count). The molecule has 1 aliphatic rings. The third-order valence-corrected chi connectivity index (χ3v) is 5.94. The lowest BCUT2D eigenvalue weighted by atomic mass is 10.1. The van der Waals surface area contributed by atoms with E-state index in [0.29, 0.717) is 67.0 Å². The summed E-state index contributed by atoms with van der Waals surface area (Å²) in [5, 5.41) is 0. The topological polar surface area (TPSA) is 105 Å². The number of hydrogen-bond acceptors (Lipinski definition) is 9. The first kappa shape index (κ1) is 25.1. The molecule has 2 aromatic rings. The Hall–Kier alpha value is -3.53. The highest BCUT2D eigenvalue weighted by molar-refractivity contribution is 6.02.